The van der Waals surface area contributed by atoms with Crippen LogP contribution in [0.2, 0.25) is 0 Å². The largest absolute Gasteiger partial charge is 0.357 e. The number of thiophene rings is 1. The van der Waals surface area contributed by atoms with Crippen molar-refractivity contribution in [3.05, 3.63) is 46.3 Å². The van der Waals surface area contributed by atoms with Crippen LogP contribution in [0.5, 0.6) is 0 Å². The molecule has 2 aromatic heterocycles. The van der Waals surface area contributed by atoms with E-state index in [0.29, 0.717) is 13.1 Å². The summed E-state index contributed by atoms with van der Waals surface area (Å²) in [4.78, 5) is 19.7. The Morgan fingerprint density at radius 1 is 1.18 bits per heavy atom. The van der Waals surface area contributed by atoms with Crippen LogP contribution in [0.4, 0.5) is 10.6 Å². The normalized spacial score (nSPS) is 14.1. The number of hydrogen-bond donors (Lipinski definition) is 2. The number of carbonyl (C=O) groups is 1. The van der Waals surface area contributed by atoms with Crippen molar-refractivity contribution in [2.45, 2.75) is 25.9 Å². The zero-order valence-corrected chi connectivity index (χ0v) is 13.2. The first kappa shape index (κ1) is 14.8. The number of anilines is 1. The first-order valence-corrected chi connectivity index (χ1v) is 8.43. The van der Waals surface area contributed by atoms with Crippen LogP contribution in [-0.4, -0.2) is 24.1 Å². The lowest BCUT2D eigenvalue weighted by atomic mass is 10.3. The molecule has 0 aromatic carbocycles. The van der Waals surface area contributed by atoms with Crippen molar-refractivity contribution in [3.63, 3.8) is 0 Å². The minimum atomic E-state index is -0.156. The van der Waals surface area contributed by atoms with E-state index in [9.17, 15) is 4.79 Å². The molecule has 1 aliphatic heterocycles. The summed E-state index contributed by atoms with van der Waals surface area (Å²) in [7, 11) is 0. The van der Waals surface area contributed by atoms with Gasteiger partial charge in [0.15, 0.2) is 0 Å². The molecule has 0 radical (unpaired) electrons. The van der Waals surface area contributed by atoms with Crippen molar-refractivity contribution in [3.8, 4) is 0 Å². The molecule has 116 valence electrons. The quantitative estimate of drug-likeness (QED) is 0.892. The molecule has 2 aromatic rings. The summed E-state index contributed by atoms with van der Waals surface area (Å²) in [5.74, 6) is 1.03. The maximum Gasteiger partial charge on any atom is 0.315 e. The molecule has 0 aliphatic carbocycles. The van der Waals surface area contributed by atoms with E-state index >= 15 is 0 Å². The van der Waals surface area contributed by atoms with E-state index in [2.05, 4.69) is 20.5 Å². The third-order valence-corrected chi connectivity index (χ3v) is 4.57. The molecular weight excluding hydrogens is 296 g/mol. The minimum Gasteiger partial charge on any atom is -0.357 e. The number of nitrogens with zero attached hydrogens (tertiary/aromatic N) is 2. The van der Waals surface area contributed by atoms with Crippen LogP contribution < -0.4 is 15.5 Å². The van der Waals surface area contributed by atoms with Gasteiger partial charge < -0.3 is 15.5 Å². The minimum absolute atomic E-state index is 0.156. The molecule has 3 rings (SSSR count). The van der Waals surface area contributed by atoms with Crippen LogP contribution in [0.25, 0.3) is 0 Å². The summed E-state index contributed by atoms with van der Waals surface area (Å²) in [5.41, 5.74) is 1.01. The van der Waals surface area contributed by atoms with Crippen molar-refractivity contribution in [1.29, 1.82) is 0 Å². The van der Waals surface area contributed by atoms with E-state index in [0.717, 1.165) is 29.3 Å². The Morgan fingerprint density at radius 2 is 2.00 bits per heavy atom. The molecular formula is C16H20N4OS. The van der Waals surface area contributed by atoms with Crippen LogP contribution in [0, 0.1) is 0 Å². The van der Waals surface area contributed by atoms with Gasteiger partial charge in [0.1, 0.15) is 5.82 Å². The Bertz CT molecular complexity index is 591. The van der Waals surface area contributed by atoms with Crippen molar-refractivity contribution in [1.82, 2.24) is 15.6 Å². The summed E-state index contributed by atoms with van der Waals surface area (Å²) in [5, 5.41) is 7.70. The van der Waals surface area contributed by atoms with E-state index in [4.69, 9.17) is 0 Å². The van der Waals surface area contributed by atoms with E-state index < -0.39 is 0 Å². The van der Waals surface area contributed by atoms with E-state index in [1.165, 1.54) is 12.8 Å². The van der Waals surface area contributed by atoms with E-state index in [1.807, 2.05) is 35.8 Å². The van der Waals surface area contributed by atoms with Gasteiger partial charge in [-0.2, -0.15) is 0 Å². The van der Waals surface area contributed by atoms with Gasteiger partial charge in [-0.3, -0.25) is 0 Å². The molecule has 0 bridgehead atoms. The van der Waals surface area contributed by atoms with Gasteiger partial charge >= 0.3 is 6.03 Å². The second-order valence-electron chi connectivity index (χ2n) is 5.33. The summed E-state index contributed by atoms with van der Waals surface area (Å²) in [6, 6.07) is 7.89. The molecule has 1 saturated heterocycles. The van der Waals surface area contributed by atoms with Crippen LogP contribution in [-0.2, 0) is 13.1 Å². The van der Waals surface area contributed by atoms with Crippen LogP contribution in [0.1, 0.15) is 23.3 Å². The molecule has 2 amide bonds. The van der Waals surface area contributed by atoms with E-state index in [-0.39, 0.29) is 6.03 Å². The molecule has 3 heterocycles. The second kappa shape index (κ2) is 7.26. The number of amides is 2. The highest BCUT2D eigenvalue weighted by Gasteiger charge is 2.12. The molecule has 1 aliphatic rings. The van der Waals surface area contributed by atoms with Crippen LogP contribution in [0.15, 0.2) is 35.8 Å². The maximum absolute atomic E-state index is 11.7. The zero-order chi connectivity index (χ0) is 15.2. The fourth-order valence-electron chi connectivity index (χ4n) is 2.48. The molecule has 1 fully saturated rings. The first-order valence-electron chi connectivity index (χ1n) is 7.55. The molecule has 0 unspecified atom stereocenters. The number of carbonyl (C=O) groups excluding carboxylic acids is 1. The monoisotopic (exact) mass is 316 g/mol. The van der Waals surface area contributed by atoms with Crippen molar-refractivity contribution in [2.75, 3.05) is 18.0 Å². The molecule has 0 saturated carbocycles. The predicted molar refractivity (Wildman–Crippen MR) is 89.1 cm³/mol. The number of rotatable bonds is 5. The Morgan fingerprint density at radius 3 is 2.68 bits per heavy atom. The fraction of sp³-hybridized carbons (Fsp3) is 0.375. The molecule has 5 nitrogen and oxygen atoms in total. The van der Waals surface area contributed by atoms with Gasteiger partial charge in [-0.25, -0.2) is 9.78 Å². The van der Waals surface area contributed by atoms with Crippen LogP contribution in [0.3, 0.4) is 0 Å². The maximum atomic E-state index is 11.7. The average molecular weight is 316 g/mol. The topological polar surface area (TPSA) is 57.3 Å². The van der Waals surface area contributed by atoms with Crippen molar-refractivity contribution in [2.24, 2.45) is 0 Å². The van der Waals surface area contributed by atoms with Gasteiger partial charge in [0, 0.05) is 30.7 Å². The summed E-state index contributed by atoms with van der Waals surface area (Å²) >= 11 is 1.64. The highest BCUT2D eigenvalue weighted by molar-refractivity contribution is 7.09. The smallest absolute Gasteiger partial charge is 0.315 e. The molecule has 22 heavy (non-hydrogen) atoms. The summed E-state index contributed by atoms with van der Waals surface area (Å²) < 4.78 is 0. The van der Waals surface area contributed by atoms with Crippen molar-refractivity contribution < 1.29 is 4.79 Å². The third kappa shape index (κ3) is 3.98. The Hall–Kier alpha value is -2.08. The predicted octanol–water partition coefficient (Wildman–Crippen LogP) is 2.74. The Balaban J connectivity index is 1.43. The molecule has 0 atom stereocenters. The van der Waals surface area contributed by atoms with Gasteiger partial charge in [0.05, 0.1) is 6.54 Å². The lowest BCUT2D eigenvalue weighted by Gasteiger charge is -2.16. The van der Waals surface area contributed by atoms with Gasteiger partial charge in [0.2, 0.25) is 0 Å². The van der Waals surface area contributed by atoms with Gasteiger partial charge in [0.25, 0.3) is 0 Å². The number of nitrogens with one attached hydrogen (secondary N) is 2. The number of hydrogen-bond acceptors (Lipinski definition) is 4. The molecule has 2 N–H and O–H groups in total. The fourth-order valence-corrected chi connectivity index (χ4v) is 3.12. The van der Waals surface area contributed by atoms with Gasteiger partial charge in [-0.1, -0.05) is 12.1 Å². The second-order valence-corrected chi connectivity index (χ2v) is 6.37. The standard InChI is InChI=1S/C16H20N4OS/c21-16(19-12-14-4-3-9-22-14)18-11-13-5-6-15(17-10-13)20-7-1-2-8-20/h3-6,9-10H,1-2,7-8,11-12H2,(H2,18,19,21). The highest BCUT2D eigenvalue weighted by Crippen LogP contribution is 2.17. The van der Waals surface area contributed by atoms with E-state index in [1.54, 1.807) is 11.3 Å². The molecule has 6 heteroatoms. The van der Waals surface area contributed by atoms with Gasteiger partial charge in [-0.15, -0.1) is 11.3 Å². The average Bonchev–Trinajstić information content (AvgIpc) is 3.24. The number of pyridine rings is 1. The number of aromatic nitrogens is 1. The van der Waals surface area contributed by atoms with Crippen molar-refractivity contribution >= 4 is 23.2 Å². The lowest BCUT2D eigenvalue weighted by Crippen LogP contribution is -2.34. The van der Waals surface area contributed by atoms with Gasteiger partial charge in [-0.05, 0) is 35.9 Å². The van der Waals surface area contributed by atoms with Crippen LogP contribution >= 0.6 is 11.3 Å². The third-order valence-electron chi connectivity index (χ3n) is 3.70. The molecule has 0 spiro atoms. The lowest BCUT2D eigenvalue weighted by molar-refractivity contribution is 0.240. The Kier molecular flexibility index (Phi) is 4.90. The number of urea groups is 1. The first-order chi connectivity index (χ1) is 10.8. The summed E-state index contributed by atoms with van der Waals surface area (Å²) in [6.45, 7) is 3.24. The Labute approximate surface area is 134 Å². The zero-order valence-electron chi connectivity index (χ0n) is 12.4. The highest BCUT2D eigenvalue weighted by atomic mass is 32.1. The summed E-state index contributed by atoms with van der Waals surface area (Å²) in [6.07, 6.45) is 4.33. The SMILES string of the molecule is O=C(NCc1ccc(N2CCCC2)nc1)NCc1cccs1.